The number of ether oxygens (including phenoxy) is 1. The van der Waals surface area contributed by atoms with E-state index in [0.717, 1.165) is 6.07 Å². The molecule has 0 aromatic heterocycles. The molecule has 2 rings (SSSR count). The maximum atomic E-state index is 13.1. The molecule has 94 valence electrons. The molecule has 0 atom stereocenters. The van der Waals surface area contributed by atoms with Gasteiger partial charge in [-0.3, -0.25) is 0 Å². The Morgan fingerprint density at radius 3 is 2.18 bits per heavy atom. The molecule has 0 amide bonds. The number of rotatable bonds is 2. The van der Waals surface area contributed by atoms with Crippen LogP contribution in [0.2, 0.25) is 0 Å². The molecular weight excluding hydrogens is 226 g/mol. The Balaban J connectivity index is 2.21. The Morgan fingerprint density at radius 2 is 1.71 bits per heavy atom. The van der Waals surface area contributed by atoms with Crippen LogP contribution in [0.15, 0.2) is 18.2 Å². The highest BCUT2D eigenvalue weighted by atomic mass is 19.1. The standard InChI is InChI=1S/C13H16F2O2/c1-17-12-2-4-13(16,5-3-12)9-6-10(14)8-11(15)7-9/h6-8,12,16H,2-5H2,1H3. The average molecular weight is 242 g/mol. The van der Waals surface area contributed by atoms with Crippen LogP contribution in [-0.4, -0.2) is 18.3 Å². The normalized spacial score (nSPS) is 29.3. The lowest BCUT2D eigenvalue weighted by Crippen LogP contribution is -2.34. The average Bonchev–Trinajstić information content (AvgIpc) is 2.29. The second-order valence-corrected chi connectivity index (χ2v) is 4.62. The molecule has 4 heteroatoms. The van der Waals surface area contributed by atoms with E-state index in [-0.39, 0.29) is 6.10 Å². The summed E-state index contributed by atoms with van der Waals surface area (Å²) in [5.74, 6) is -1.30. The SMILES string of the molecule is COC1CCC(O)(c2cc(F)cc(F)c2)CC1. The quantitative estimate of drug-likeness (QED) is 0.864. The van der Waals surface area contributed by atoms with Crippen LogP contribution in [0.5, 0.6) is 0 Å². The zero-order valence-corrected chi connectivity index (χ0v) is 9.75. The fourth-order valence-corrected chi connectivity index (χ4v) is 2.42. The van der Waals surface area contributed by atoms with Crippen LogP contribution >= 0.6 is 0 Å². The van der Waals surface area contributed by atoms with Crippen molar-refractivity contribution in [1.82, 2.24) is 0 Å². The predicted octanol–water partition coefficient (Wildman–Crippen LogP) is 2.74. The van der Waals surface area contributed by atoms with E-state index >= 15 is 0 Å². The van der Waals surface area contributed by atoms with Gasteiger partial charge in [-0.1, -0.05) is 0 Å². The summed E-state index contributed by atoms with van der Waals surface area (Å²) < 4.78 is 31.4. The summed E-state index contributed by atoms with van der Waals surface area (Å²) in [7, 11) is 1.64. The van der Waals surface area contributed by atoms with Crippen LogP contribution in [0.4, 0.5) is 8.78 Å². The van der Waals surface area contributed by atoms with Crippen LogP contribution in [-0.2, 0) is 10.3 Å². The minimum atomic E-state index is -1.13. The zero-order chi connectivity index (χ0) is 12.5. The molecule has 1 fully saturated rings. The Morgan fingerprint density at radius 1 is 1.18 bits per heavy atom. The Kier molecular flexibility index (Phi) is 3.45. The first-order valence-electron chi connectivity index (χ1n) is 5.75. The number of halogens is 2. The van der Waals surface area contributed by atoms with E-state index in [0.29, 0.717) is 31.2 Å². The molecule has 0 spiro atoms. The highest BCUT2D eigenvalue weighted by Crippen LogP contribution is 2.38. The lowest BCUT2D eigenvalue weighted by Gasteiger charge is -2.35. The summed E-state index contributed by atoms with van der Waals surface area (Å²) in [4.78, 5) is 0. The first-order valence-corrected chi connectivity index (χ1v) is 5.75. The van der Waals surface area contributed by atoms with Gasteiger partial charge in [-0.2, -0.15) is 0 Å². The third-order valence-electron chi connectivity index (χ3n) is 3.49. The van der Waals surface area contributed by atoms with Gasteiger partial charge in [-0.05, 0) is 43.4 Å². The minimum Gasteiger partial charge on any atom is -0.385 e. The summed E-state index contributed by atoms with van der Waals surface area (Å²) >= 11 is 0. The van der Waals surface area contributed by atoms with Crippen LogP contribution in [0, 0.1) is 11.6 Å². The van der Waals surface area contributed by atoms with Crippen molar-refractivity contribution in [2.24, 2.45) is 0 Å². The van der Waals surface area contributed by atoms with Gasteiger partial charge in [0, 0.05) is 13.2 Å². The van der Waals surface area contributed by atoms with E-state index < -0.39 is 17.2 Å². The minimum absolute atomic E-state index is 0.133. The molecule has 0 bridgehead atoms. The summed E-state index contributed by atoms with van der Waals surface area (Å²) in [6.45, 7) is 0. The molecule has 2 nitrogen and oxygen atoms in total. The summed E-state index contributed by atoms with van der Waals surface area (Å²) in [5, 5.41) is 10.4. The number of aliphatic hydroxyl groups is 1. The van der Waals surface area contributed by atoms with Crippen molar-refractivity contribution in [3.63, 3.8) is 0 Å². The molecule has 1 aliphatic rings. The van der Waals surface area contributed by atoms with Gasteiger partial charge >= 0.3 is 0 Å². The smallest absolute Gasteiger partial charge is 0.126 e. The molecule has 0 unspecified atom stereocenters. The monoisotopic (exact) mass is 242 g/mol. The van der Waals surface area contributed by atoms with Gasteiger partial charge in [0.1, 0.15) is 11.6 Å². The highest BCUT2D eigenvalue weighted by Gasteiger charge is 2.35. The molecule has 1 aromatic rings. The van der Waals surface area contributed by atoms with Crippen LogP contribution in [0.25, 0.3) is 0 Å². The lowest BCUT2D eigenvalue weighted by atomic mass is 9.78. The third-order valence-corrected chi connectivity index (χ3v) is 3.49. The van der Waals surface area contributed by atoms with Crippen LogP contribution < -0.4 is 0 Å². The molecular formula is C13H16F2O2. The first kappa shape index (κ1) is 12.5. The molecule has 17 heavy (non-hydrogen) atoms. The van der Waals surface area contributed by atoms with Crippen LogP contribution in [0.3, 0.4) is 0 Å². The number of methoxy groups -OCH3 is 1. The molecule has 1 aromatic carbocycles. The van der Waals surface area contributed by atoms with Crippen molar-refractivity contribution in [2.45, 2.75) is 37.4 Å². The Bertz CT molecular complexity index is 378. The summed E-state index contributed by atoms with van der Waals surface area (Å²) in [5.41, 5.74) is -0.803. The van der Waals surface area contributed by atoms with Crippen molar-refractivity contribution in [3.8, 4) is 0 Å². The molecule has 0 heterocycles. The molecule has 1 N–H and O–H groups in total. The number of benzene rings is 1. The molecule has 0 saturated heterocycles. The second-order valence-electron chi connectivity index (χ2n) is 4.62. The maximum Gasteiger partial charge on any atom is 0.126 e. The Labute approximate surface area is 99.2 Å². The van der Waals surface area contributed by atoms with Gasteiger partial charge in [-0.25, -0.2) is 8.78 Å². The topological polar surface area (TPSA) is 29.5 Å². The summed E-state index contributed by atoms with van der Waals surface area (Å²) in [6, 6.07) is 3.22. The number of hydrogen-bond donors (Lipinski definition) is 1. The number of hydrogen-bond acceptors (Lipinski definition) is 2. The third kappa shape index (κ3) is 2.64. The van der Waals surface area contributed by atoms with Gasteiger partial charge in [0.25, 0.3) is 0 Å². The van der Waals surface area contributed by atoms with E-state index in [9.17, 15) is 13.9 Å². The van der Waals surface area contributed by atoms with Crippen molar-refractivity contribution in [2.75, 3.05) is 7.11 Å². The van der Waals surface area contributed by atoms with E-state index in [4.69, 9.17) is 4.74 Å². The van der Waals surface area contributed by atoms with Crippen LogP contribution in [0.1, 0.15) is 31.2 Å². The highest BCUT2D eigenvalue weighted by molar-refractivity contribution is 5.25. The fraction of sp³-hybridized carbons (Fsp3) is 0.538. The van der Waals surface area contributed by atoms with E-state index in [1.807, 2.05) is 0 Å². The van der Waals surface area contributed by atoms with Crippen molar-refractivity contribution in [3.05, 3.63) is 35.4 Å². The first-order chi connectivity index (χ1) is 8.03. The van der Waals surface area contributed by atoms with E-state index in [1.54, 1.807) is 7.11 Å². The second kappa shape index (κ2) is 4.70. The molecule has 0 aliphatic heterocycles. The molecule has 1 aliphatic carbocycles. The molecule has 1 saturated carbocycles. The predicted molar refractivity (Wildman–Crippen MR) is 59.5 cm³/mol. The summed E-state index contributed by atoms with van der Waals surface area (Å²) in [6.07, 6.45) is 2.47. The largest absolute Gasteiger partial charge is 0.385 e. The van der Waals surface area contributed by atoms with Gasteiger partial charge in [-0.15, -0.1) is 0 Å². The zero-order valence-electron chi connectivity index (χ0n) is 9.75. The molecule has 0 radical (unpaired) electrons. The maximum absolute atomic E-state index is 13.1. The van der Waals surface area contributed by atoms with Gasteiger partial charge in [0.05, 0.1) is 11.7 Å². The van der Waals surface area contributed by atoms with Crippen molar-refractivity contribution >= 4 is 0 Å². The fourth-order valence-electron chi connectivity index (χ4n) is 2.42. The lowest BCUT2D eigenvalue weighted by molar-refractivity contribution is -0.0477. The van der Waals surface area contributed by atoms with Crippen molar-refractivity contribution in [1.29, 1.82) is 0 Å². The Hall–Kier alpha value is -1.00. The van der Waals surface area contributed by atoms with Gasteiger partial charge in [0.15, 0.2) is 0 Å². The van der Waals surface area contributed by atoms with Crippen molar-refractivity contribution < 1.29 is 18.6 Å². The van der Waals surface area contributed by atoms with Gasteiger partial charge < -0.3 is 9.84 Å². The van der Waals surface area contributed by atoms with E-state index in [2.05, 4.69) is 0 Å². The van der Waals surface area contributed by atoms with E-state index in [1.165, 1.54) is 12.1 Å². The van der Waals surface area contributed by atoms with Gasteiger partial charge in [0.2, 0.25) is 0 Å².